The Morgan fingerprint density at radius 2 is 2.10 bits per heavy atom. The predicted molar refractivity (Wildman–Crippen MR) is 83.0 cm³/mol. The number of rotatable bonds is 4. The lowest BCUT2D eigenvalue weighted by Gasteiger charge is -2.46. The van der Waals surface area contributed by atoms with Crippen LogP contribution in [0, 0.1) is 0 Å². The number of hydrogen-bond acceptors (Lipinski definition) is 3. The number of piperidine rings is 1. The molecule has 0 amide bonds. The summed E-state index contributed by atoms with van der Waals surface area (Å²) in [4.78, 5) is 2.87. The molecule has 3 rings (SSSR count). The van der Waals surface area contributed by atoms with Gasteiger partial charge in [0.1, 0.15) is 0 Å². The summed E-state index contributed by atoms with van der Waals surface area (Å²) in [7, 11) is 0. The summed E-state index contributed by atoms with van der Waals surface area (Å²) in [6.07, 6.45) is 12.6. The summed E-state index contributed by atoms with van der Waals surface area (Å²) in [6, 6.07) is 2.35. The number of nitrogens with one attached hydrogen (secondary N) is 1. The second-order valence-electron chi connectivity index (χ2n) is 6.96. The highest BCUT2D eigenvalue weighted by molar-refractivity contribution is 4.94. The Kier molecular flexibility index (Phi) is 5.36. The topological polar surface area (TPSA) is 24.5 Å². The third-order valence-electron chi connectivity index (χ3n) is 5.57. The Balaban J connectivity index is 1.62. The molecule has 0 aromatic rings. The quantitative estimate of drug-likeness (QED) is 0.857. The molecule has 116 valence electrons. The molecular formula is C17H32N2O. The first kappa shape index (κ1) is 14.8. The third-order valence-corrected chi connectivity index (χ3v) is 5.57. The standard InChI is InChI=1S/C17H32N2O/c1-2-6-15-13-14(9-12-20-15)19-11-4-3-8-17(19)16-7-5-10-18-16/h14-18H,2-13H2,1H3. The van der Waals surface area contributed by atoms with E-state index in [1.165, 1.54) is 70.9 Å². The van der Waals surface area contributed by atoms with Crippen molar-refractivity contribution in [3.05, 3.63) is 0 Å². The van der Waals surface area contributed by atoms with Crippen molar-refractivity contribution in [1.82, 2.24) is 10.2 Å². The van der Waals surface area contributed by atoms with E-state index in [9.17, 15) is 0 Å². The molecule has 0 radical (unpaired) electrons. The summed E-state index contributed by atoms with van der Waals surface area (Å²) in [5.74, 6) is 0. The molecule has 3 aliphatic rings. The number of likely N-dealkylation sites (tertiary alicyclic amines) is 1. The van der Waals surface area contributed by atoms with Crippen LogP contribution >= 0.6 is 0 Å². The average Bonchev–Trinajstić information content (AvgIpc) is 3.02. The minimum atomic E-state index is 0.526. The van der Waals surface area contributed by atoms with Crippen molar-refractivity contribution in [2.45, 2.75) is 88.9 Å². The molecule has 4 atom stereocenters. The Hall–Kier alpha value is -0.120. The van der Waals surface area contributed by atoms with Gasteiger partial charge in [0.2, 0.25) is 0 Å². The van der Waals surface area contributed by atoms with Gasteiger partial charge in [0.05, 0.1) is 6.10 Å². The maximum absolute atomic E-state index is 5.96. The van der Waals surface area contributed by atoms with Crippen molar-refractivity contribution < 1.29 is 4.74 Å². The molecule has 3 heterocycles. The van der Waals surface area contributed by atoms with E-state index in [-0.39, 0.29) is 0 Å². The minimum absolute atomic E-state index is 0.526. The van der Waals surface area contributed by atoms with Crippen LogP contribution in [0.5, 0.6) is 0 Å². The predicted octanol–water partition coefficient (Wildman–Crippen LogP) is 2.94. The molecule has 0 bridgehead atoms. The van der Waals surface area contributed by atoms with Gasteiger partial charge in [0.25, 0.3) is 0 Å². The smallest absolute Gasteiger partial charge is 0.0590 e. The zero-order valence-corrected chi connectivity index (χ0v) is 13.2. The van der Waals surface area contributed by atoms with E-state index in [1.54, 1.807) is 0 Å². The molecule has 3 fully saturated rings. The Morgan fingerprint density at radius 1 is 1.15 bits per heavy atom. The van der Waals surface area contributed by atoms with Gasteiger partial charge >= 0.3 is 0 Å². The number of nitrogens with zero attached hydrogens (tertiary/aromatic N) is 1. The molecule has 3 heteroatoms. The molecule has 1 N–H and O–H groups in total. The summed E-state index contributed by atoms with van der Waals surface area (Å²) < 4.78 is 5.96. The normalized spacial score (nSPS) is 40.0. The largest absolute Gasteiger partial charge is 0.378 e. The second-order valence-corrected chi connectivity index (χ2v) is 6.96. The number of hydrogen-bond donors (Lipinski definition) is 1. The van der Waals surface area contributed by atoms with Gasteiger partial charge in [-0.25, -0.2) is 0 Å². The van der Waals surface area contributed by atoms with Gasteiger partial charge in [0, 0.05) is 24.7 Å². The molecule has 3 aliphatic heterocycles. The third kappa shape index (κ3) is 3.37. The van der Waals surface area contributed by atoms with Gasteiger partial charge in [-0.05, 0) is 58.0 Å². The van der Waals surface area contributed by atoms with E-state index >= 15 is 0 Å². The fraction of sp³-hybridized carbons (Fsp3) is 1.00. The maximum Gasteiger partial charge on any atom is 0.0590 e. The molecule has 0 aromatic carbocycles. The van der Waals surface area contributed by atoms with Crippen LogP contribution in [0.3, 0.4) is 0 Å². The molecule has 4 unspecified atom stereocenters. The first-order valence-corrected chi connectivity index (χ1v) is 8.99. The minimum Gasteiger partial charge on any atom is -0.378 e. The monoisotopic (exact) mass is 280 g/mol. The van der Waals surface area contributed by atoms with Crippen LogP contribution in [0.1, 0.15) is 64.7 Å². The zero-order valence-electron chi connectivity index (χ0n) is 13.2. The van der Waals surface area contributed by atoms with Gasteiger partial charge in [-0.2, -0.15) is 0 Å². The van der Waals surface area contributed by atoms with Crippen LogP contribution in [-0.4, -0.2) is 48.8 Å². The molecule has 0 aliphatic carbocycles. The van der Waals surface area contributed by atoms with Crippen LogP contribution in [0.15, 0.2) is 0 Å². The molecule has 3 saturated heterocycles. The summed E-state index contributed by atoms with van der Waals surface area (Å²) in [6.45, 7) is 5.82. The SMILES string of the molecule is CCCC1CC(N2CCCCC2C2CCCN2)CCO1. The van der Waals surface area contributed by atoms with E-state index in [1.807, 2.05) is 0 Å². The van der Waals surface area contributed by atoms with Gasteiger partial charge in [-0.1, -0.05) is 19.8 Å². The van der Waals surface area contributed by atoms with Crippen LogP contribution in [0.4, 0.5) is 0 Å². The highest BCUT2D eigenvalue weighted by Crippen LogP contribution is 2.31. The van der Waals surface area contributed by atoms with Crippen LogP contribution in [0.25, 0.3) is 0 Å². The maximum atomic E-state index is 5.96. The van der Waals surface area contributed by atoms with Crippen LogP contribution in [0.2, 0.25) is 0 Å². The summed E-state index contributed by atoms with van der Waals surface area (Å²) in [5, 5.41) is 3.76. The van der Waals surface area contributed by atoms with Crippen molar-refractivity contribution in [2.75, 3.05) is 19.7 Å². The van der Waals surface area contributed by atoms with Crippen molar-refractivity contribution in [2.24, 2.45) is 0 Å². The van der Waals surface area contributed by atoms with Gasteiger partial charge in [-0.15, -0.1) is 0 Å². The van der Waals surface area contributed by atoms with Crippen molar-refractivity contribution in [3.63, 3.8) is 0 Å². The fourth-order valence-electron chi connectivity index (χ4n) is 4.59. The van der Waals surface area contributed by atoms with E-state index in [0.717, 1.165) is 24.7 Å². The molecule has 0 spiro atoms. The Labute approximate surface area is 124 Å². The summed E-state index contributed by atoms with van der Waals surface area (Å²) in [5.41, 5.74) is 0. The van der Waals surface area contributed by atoms with E-state index in [0.29, 0.717) is 6.10 Å². The van der Waals surface area contributed by atoms with Crippen molar-refractivity contribution in [1.29, 1.82) is 0 Å². The molecule has 20 heavy (non-hydrogen) atoms. The fourth-order valence-corrected chi connectivity index (χ4v) is 4.59. The second kappa shape index (κ2) is 7.24. The lowest BCUT2D eigenvalue weighted by Crippen LogP contribution is -2.56. The molecule has 3 nitrogen and oxygen atoms in total. The highest BCUT2D eigenvalue weighted by Gasteiger charge is 2.37. The molecule has 0 saturated carbocycles. The van der Waals surface area contributed by atoms with Crippen LogP contribution < -0.4 is 5.32 Å². The van der Waals surface area contributed by atoms with E-state index in [4.69, 9.17) is 4.74 Å². The summed E-state index contributed by atoms with van der Waals surface area (Å²) >= 11 is 0. The van der Waals surface area contributed by atoms with E-state index in [2.05, 4.69) is 17.1 Å². The van der Waals surface area contributed by atoms with Crippen molar-refractivity contribution in [3.8, 4) is 0 Å². The van der Waals surface area contributed by atoms with Gasteiger partial charge in [0.15, 0.2) is 0 Å². The van der Waals surface area contributed by atoms with Gasteiger partial charge in [-0.3, -0.25) is 4.90 Å². The Bertz CT molecular complexity index is 289. The average molecular weight is 280 g/mol. The van der Waals surface area contributed by atoms with E-state index < -0.39 is 0 Å². The van der Waals surface area contributed by atoms with Crippen molar-refractivity contribution >= 4 is 0 Å². The highest BCUT2D eigenvalue weighted by atomic mass is 16.5. The first-order valence-electron chi connectivity index (χ1n) is 8.99. The number of ether oxygens (including phenoxy) is 1. The Morgan fingerprint density at radius 3 is 2.90 bits per heavy atom. The first-order chi connectivity index (χ1) is 9.88. The van der Waals surface area contributed by atoms with Crippen LogP contribution in [-0.2, 0) is 4.74 Å². The lowest BCUT2D eigenvalue weighted by atomic mass is 9.89. The zero-order chi connectivity index (χ0) is 13.8. The molecule has 0 aromatic heterocycles. The lowest BCUT2D eigenvalue weighted by molar-refractivity contribution is -0.0501. The van der Waals surface area contributed by atoms with Gasteiger partial charge < -0.3 is 10.1 Å². The molecular weight excluding hydrogens is 248 g/mol.